The van der Waals surface area contributed by atoms with Gasteiger partial charge in [0.2, 0.25) is 0 Å². The third-order valence-electron chi connectivity index (χ3n) is 2.55. The molecule has 0 aromatic heterocycles. The first kappa shape index (κ1) is 14.2. The maximum Gasteiger partial charge on any atom is 0.333 e. The Morgan fingerprint density at radius 3 is 2.72 bits per heavy atom. The summed E-state index contributed by atoms with van der Waals surface area (Å²) < 4.78 is 23.2. The van der Waals surface area contributed by atoms with Crippen molar-refractivity contribution in [2.75, 3.05) is 13.7 Å². The van der Waals surface area contributed by atoms with Crippen LogP contribution in [0.1, 0.15) is 18.9 Å². The standard InChI is InChI=1S/C14H17FO3/c1-4-11(14(16)17-3)7-8-18-12-6-5-10(2)13(15)9-12/h5-7,9H,4,8H2,1-3H3/b11-7-. The number of methoxy groups -OCH3 is 1. The Morgan fingerprint density at radius 1 is 1.44 bits per heavy atom. The number of hydrogen-bond acceptors (Lipinski definition) is 3. The highest BCUT2D eigenvalue weighted by Crippen LogP contribution is 2.16. The van der Waals surface area contributed by atoms with Crippen LogP contribution in [0.4, 0.5) is 4.39 Å². The molecule has 0 fully saturated rings. The van der Waals surface area contributed by atoms with Gasteiger partial charge in [-0.15, -0.1) is 0 Å². The summed E-state index contributed by atoms with van der Waals surface area (Å²) in [7, 11) is 1.34. The molecule has 1 aromatic rings. The molecule has 3 nitrogen and oxygen atoms in total. The van der Waals surface area contributed by atoms with Gasteiger partial charge < -0.3 is 9.47 Å². The number of rotatable bonds is 5. The maximum absolute atomic E-state index is 13.2. The molecule has 0 aliphatic rings. The van der Waals surface area contributed by atoms with Crippen molar-refractivity contribution in [3.8, 4) is 5.75 Å². The van der Waals surface area contributed by atoms with Crippen molar-refractivity contribution in [2.45, 2.75) is 20.3 Å². The molecule has 0 unspecified atom stereocenters. The summed E-state index contributed by atoms with van der Waals surface area (Å²) in [4.78, 5) is 11.3. The normalized spacial score (nSPS) is 11.2. The number of halogens is 1. The van der Waals surface area contributed by atoms with Crippen LogP contribution >= 0.6 is 0 Å². The lowest BCUT2D eigenvalue weighted by molar-refractivity contribution is -0.136. The molecule has 98 valence electrons. The van der Waals surface area contributed by atoms with Crippen LogP contribution in [0, 0.1) is 12.7 Å². The summed E-state index contributed by atoms with van der Waals surface area (Å²) in [5, 5.41) is 0. The van der Waals surface area contributed by atoms with Crippen molar-refractivity contribution >= 4 is 5.97 Å². The molecule has 1 aromatic carbocycles. The van der Waals surface area contributed by atoms with E-state index in [-0.39, 0.29) is 18.4 Å². The molecule has 4 heteroatoms. The number of carbonyl (C=O) groups excluding carboxylic acids is 1. The van der Waals surface area contributed by atoms with Gasteiger partial charge in [0.25, 0.3) is 0 Å². The highest BCUT2D eigenvalue weighted by molar-refractivity contribution is 5.88. The number of esters is 1. The minimum Gasteiger partial charge on any atom is -0.489 e. The van der Waals surface area contributed by atoms with Crippen molar-refractivity contribution in [3.63, 3.8) is 0 Å². The molecule has 0 bridgehead atoms. The lowest BCUT2D eigenvalue weighted by Crippen LogP contribution is -2.06. The van der Waals surface area contributed by atoms with E-state index in [1.807, 2.05) is 6.92 Å². The summed E-state index contributed by atoms with van der Waals surface area (Å²) in [5.41, 5.74) is 1.12. The average molecular weight is 252 g/mol. The third-order valence-corrected chi connectivity index (χ3v) is 2.55. The van der Waals surface area contributed by atoms with E-state index < -0.39 is 0 Å². The van der Waals surface area contributed by atoms with Crippen LogP contribution in [0.15, 0.2) is 29.8 Å². The van der Waals surface area contributed by atoms with Gasteiger partial charge in [-0.3, -0.25) is 0 Å². The Morgan fingerprint density at radius 2 is 2.17 bits per heavy atom. The summed E-state index contributed by atoms with van der Waals surface area (Å²) in [6.07, 6.45) is 2.21. The fraction of sp³-hybridized carbons (Fsp3) is 0.357. The van der Waals surface area contributed by atoms with Gasteiger partial charge in [0.15, 0.2) is 0 Å². The van der Waals surface area contributed by atoms with E-state index in [1.165, 1.54) is 13.2 Å². The predicted molar refractivity (Wildman–Crippen MR) is 67.0 cm³/mol. The number of hydrogen-bond donors (Lipinski definition) is 0. The monoisotopic (exact) mass is 252 g/mol. The van der Waals surface area contributed by atoms with Crippen molar-refractivity contribution in [1.29, 1.82) is 0 Å². The molecule has 0 amide bonds. The molecule has 0 saturated carbocycles. The Hall–Kier alpha value is -1.84. The Balaban J connectivity index is 2.62. The van der Waals surface area contributed by atoms with Gasteiger partial charge in [-0.2, -0.15) is 0 Å². The summed E-state index contributed by atoms with van der Waals surface area (Å²) in [6.45, 7) is 3.75. The first-order chi connectivity index (χ1) is 8.58. The van der Waals surface area contributed by atoms with Crippen molar-refractivity contribution in [2.24, 2.45) is 0 Å². The molecule has 1 rings (SSSR count). The van der Waals surface area contributed by atoms with Gasteiger partial charge in [-0.1, -0.05) is 13.0 Å². The molecule has 0 aliphatic carbocycles. The van der Waals surface area contributed by atoms with Crippen LogP contribution in [0.5, 0.6) is 5.75 Å². The molecule has 0 heterocycles. The van der Waals surface area contributed by atoms with Crippen LogP contribution in [-0.2, 0) is 9.53 Å². The van der Waals surface area contributed by atoms with Gasteiger partial charge in [0, 0.05) is 11.6 Å². The molecular formula is C14H17FO3. The van der Waals surface area contributed by atoms with Gasteiger partial charge in [0.05, 0.1) is 7.11 Å². The number of ether oxygens (including phenoxy) is 2. The second-order valence-electron chi connectivity index (χ2n) is 3.80. The third kappa shape index (κ3) is 3.87. The smallest absolute Gasteiger partial charge is 0.333 e. The van der Waals surface area contributed by atoms with E-state index in [4.69, 9.17) is 4.74 Å². The van der Waals surface area contributed by atoms with E-state index in [9.17, 15) is 9.18 Å². The first-order valence-corrected chi connectivity index (χ1v) is 5.74. The second-order valence-corrected chi connectivity index (χ2v) is 3.80. The van der Waals surface area contributed by atoms with Crippen molar-refractivity contribution in [3.05, 3.63) is 41.2 Å². The van der Waals surface area contributed by atoms with Gasteiger partial charge in [0.1, 0.15) is 18.2 Å². The Kier molecular flexibility index (Phi) is 5.36. The maximum atomic E-state index is 13.2. The topological polar surface area (TPSA) is 35.5 Å². The predicted octanol–water partition coefficient (Wildman–Crippen LogP) is 3.02. The van der Waals surface area contributed by atoms with Gasteiger partial charge in [-0.05, 0) is 31.1 Å². The van der Waals surface area contributed by atoms with E-state index >= 15 is 0 Å². The summed E-state index contributed by atoms with van der Waals surface area (Å²) >= 11 is 0. The van der Waals surface area contributed by atoms with E-state index in [0.717, 1.165) is 0 Å². The largest absolute Gasteiger partial charge is 0.489 e. The van der Waals surface area contributed by atoms with E-state index in [2.05, 4.69) is 4.74 Å². The molecule has 18 heavy (non-hydrogen) atoms. The quantitative estimate of drug-likeness (QED) is 0.597. The minimum atomic E-state index is -0.365. The fourth-order valence-corrected chi connectivity index (χ4v) is 1.40. The van der Waals surface area contributed by atoms with Crippen molar-refractivity contribution in [1.82, 2.24) is 0 Å². The van der Waals surface area contributed by atoms with Crippen LogP contribution in [-0.4, -0.2) is 19.7 Å². The molecular weight excluding hydrogens is 235 g/mol. The van der Waals surface area contributed by atoms with Crippen molar-refractivity contribution < 1.29 is 18.7 Å². The zero-order chi connectivity index (χ0) is 13.5. The Labute approximate surface area is 106 Å². The summed E-state index contributed by atoms with van der Waals surface area (Å²) in [6, 6.07) is 4.67. The van der Waals surface area contributed by atoms with E-state index in [1.54, 1.807) is 25.1 Å². The summed E-state index contributed by atoms with van der Waals surface area (Å²) in [5.74, 6) is -0.231. The van der Waals surface area contributed by atoms with Crippen LogP contribution in [0.2, 0.25) is 0 Å². The lowest BCUT2D eigenvalue weighted by atomic mass is 10.2. The molecule has 0 atom stereocenters. The zero-order valence-corrected chi connectivity index (χ0v) is 10.8. The highest BCUT2D eigenvalue weighted by atomic mass is 19.1. The van der Waals surface area contributed by atoms with Crippen LogP contribution < -0.4 is 4.74 Å². The van der Waals surface area contributed by atoms with E-state index in [0.29, 0.717) is 23.3 Å². The Bertz CT molecular complexity index is 452. The SMILES string of the molecule is CC/C(=C/COc1ccc(C)c(F)c1)C(=O)OC. The lowest BCUT2D eigenvalue weighted by Gasteiger charge is -2.06. The minimum absolute atomic E-state index is 0.209. The number of aryl methyl sites for hydroxylation is 1. The van der Waals surface area contributed by atoms with Gasteiger partial charge in [-0.25, -0.2) is 9.18 Å². The van der Waals surface area contributed by atoms with Gasteiger partial charge >= 0.3 is 5.97 Å². The zero-order valence-electron chi connectivity index (χ0n) is 10.8. The van der Waals surface area contributed by atoms with Crippen LogP contribution in [0.3, 0.4) is 0 Å². The molecule has 0 radical (unpaired) electrons. The average Bonchev–Trinajstić information content (AvgIpc) is 2.38. The fourth-order valence-electron chi connectivity index (χ4n) is 1.40. The molecule has 0 N–H and O–H groups in total. The number of benzene rings is 1. The molecule has 0 saturated heterocycles. The molecule has 0 spiro atoms. The highest BCUT2D eigenvalue weighted by Gasteiger charge is 2.06. The molecule has 0 aliphatic heterocycles. The number of carbonyl (C=O) groups is 1. The first-order valence-electron chi connectivity index (χ1n) is 5.74. The second kappa shape index (κ2) is 6.79. The van der Waals surface area contributed by atoms with Crippen LogP contribution in [0.25, 0.3) is 0 Å².